The summed E-state index contributed by atoms with van der Waals surface area (Å²) in [4.78, 5) is 8.21. The first-order valence-electron chi connectivity index (χ1n) is 8.92. The second-order valence-electron chi connectivity index (χ2n) is 6.47. The number of halogens is 1. The van der Waals surface area contributed by atoms with Gasteiger partial charge in [-0.1, -0.05) is 70.5 Å². The first-order chi connectivity index (χ1) is 13.8. The van der Waals surface area contributed by atoms with Crippen LogP contribution in [0.15, 0.2) is 89.4 Å². The second-order valence-corrected chi connectivity index (χ2v) is 7.38. The van der Waals surface area contributed by atoms with Crippen molar-refractivity contribution in [2.24, 2.45) is 0 Å². The third-order valence-electron chi connectivity index (χ3n) is 4.63. The Morgan fingerprint density at radius 2 is 1.46 bits per heavy atom. The highest BCUT2D eigenvalue weighted by atomic mass is 79.9. The molecule has 5 heteroatoms. The van der Waals surface area contributed by atoms with Gasteiger partial charge in [0.25, 0.3) is 0 Å². The highest BCUT2D eigenvalue weighted by Gasteiger charge is 2.16. The summed E-state index contributed by atoms with van der Waals surface area (Å²) >= 11 is 3.49. The maximum absolute atomic E-state index is 4.79. The van der Waals surface area contributed by atoms with E-state index in [-0.39, 0.29) is 0 Å². The van der Waals surface area contributed by atoms with Crippen molar-refractivity contribution in [2.45, 2.75) is 0 Å². The fourth-order valence-electron chi connectivity index (χ4n) is 3.22. The van der Waals surface area contributed by atoms with E-state index in [1.54, 1.807) is 0 Å². The highest BCUT2D eigenvalue weighted by molar-refractivity contribution is 9.10. The third-order valence-corrected chi connectivity index (χ3v) is 5.15. The molecule has 0 saturated heterocycles. The Hall–Kier alpha value is -3.31. The smallest absolute Gasteiger partial charge is 0.140 e. The quantitative estimate of drug-likeness (QED) is 0.378. The van der Waals surface area contributed by atoms with E-state index in [2.05, 4.69) is 37.2 Å². The fraction of sp³-hybridized carbons (Fsp3) is 0. The number of nitrogens with zero attached hydrogens (tertiary/aromatic N) is 3. The molecule has 0 aliphatic rings. The van der Waals surface area contributed by atoms with E-state index in [1.165, 1.54) is 0 Å². The molecule has 0 aliphatic heterocycles. The van der Waals surface area contributed by atoms with Crippen molar-refractivity contribution < 1.29 is 0 Å². The summed E-state index contributed by atoms with van der Waals surface area (Å²) in [6, 6.07) is 28.2. The summed E-state index contributed by atoms with van der Waals surface area (Å²) in [6.07, 6.45) is 0. The minimum Gasteiger partial charge on any atom is -0.338 e. The van der Waals surface area contributed by atoms with Gasteiger partial charge in [0.15, 0.2) is 0 Å². The predicted molar refractivity (Wildman–Crippen MR) is 116 cm³/mol. The Morgan fingerprint density at radius 1 is 0.714 bits per heavy atom. The summed E-state index contributed by atoms with van der Waals surface area (Å²) < 4.78 is 1.02. The number of benzene rings is 3. The molecule has 2 heterocycles. The molecule has 28 heavy (non-hydrogen) atoms. The molecule has 0 bridgehead atoms. The molecular weight excluding hydrogens is 412 g/mol. The van der Waals surface area contributed by atoms with Crippen molar-refractivity contribution in [3.63, 3.8) is 0 Å². The molecule has 0 radical (unpaired) electrons. The van der Waals surface area contributed by atoms with Crippen molar-refractivity contribution in [3.8, 4) is 33.9 Å². The summed E-state index contributed by atoms with van der Waals surface area (Å²) in [5.41, 5.74) is 6.48. The zero-order valence-corrected chi connectivity index (χ0v) is 16.4. The van der Waals surface area contributed by atoms with Gasteiger partial charge < -0.3 is 4.98 Å². The van der Waals surface area contributed by atoms with Crippen molar-refractivity contribution in [2.75, 3.05) is 0 Å². The summed E-state index contributed by atoms with van der Waals surface area (Å²) in [5.74, 6) is 0.784. The van der Waals surface area contributed by atoms with E-state index >= 15 is 0 Å². The maximum Gasteiger partial charge on any atom is 0.140 e. The van der Waals surface area contributed by atoms with Crippen LogP contribution in [-0.4, -0.2) is 20.2 Å². The number of fused-ring (bicyclic) bond motifs is 1. The predicted octanol–water partition coefficient (Wildman–Crippen LogP) is 6.12. The number of hydrogen-bond donors (Lipinski definition) is 1. The minimum atomic E-state index is 0.784. The lowest BCUT2D eigenvalue weighted by atomic mass is 10.0. The molecule has 0 amide bonds. The minimum absolute atomic E-state index is 0.784. The van der Waals surface area contributed by atoms with Gasteiger partial charge in [0.1, 0.15) is 11.5 Å². The van der Waals surface area contributed by atoms with Crippen molar-refractivity contribution >= 4 is 27.0 Å². The Balaban J connectivity index is 1.73. The summed E-state index contributed by atoms with van der Waals surface area (Å²) in [5, 5.41) is 9.06. The van der Waals surface area contributed by atoms with E-state index in [1.807, 2.05) is 78.9 Å². The van der Waals surface area contributed by atoms with Gasteiger partial charge in [-0.05, 0) is 30.3 Å². The van der Waals surface area contributed by atoms with E-state index in [9.17, 15) is 0 Å². The topological polar surface area (TPSA) is 54.5 Å². The van der Waals surface area contributed by atoms with E-state index in [0.717, 1.165) is 49.4 Å². The van der Waals surface area contributed by atoms with Crippen LogP contribution in [0.3, 0.4) is 0 Å². The lowest BCUT2D eigenvalue weighted by Crippen LogP contribution is -1.96. The SMILES string of the molecule is Brc1ccc(-c2nnc(-c3ccccc3)cc2-c2nc3ccccc3[nH]2)cc1. The normalized spacial score (nSPS) is 11.0. The van der Waals surface area contributed by atoms with Gasteiger partial charge >= 0.3 is 0 Å². The average Bonchev–Trinajstić information content (AvgIpc) is 3.19. The van der Waals surface area contributed by atoms with Gasteiger partial charge in [-0.25, -0.2) is 4.98 Å². The second kappa shape index (κ2) is 7.02. The van der Waals surface area contributed by atoms with Crippen LogP contribution in [0.2, 0.25) is 0 Å². The molecule has 0 unspecified atom stereocenters. The van der Waals surface area contributed by atoms with Crippen LogP contribution in [0.4, 0.5) is 0 Å². The number of rotatable bonds is 3. The van der Waals surface area contributed by atoms with Crippen molar-refractivity contribution in [1.82, 2.24) is 20.2 Å². The number of H-pyrrole nitrogens is 1. The molecule has 0 fully saturated rings. The summed E-state index contributed by atoms with van der Waals surface area (Å²) in [7, 11) is 0. The molecule has 5 aromatic rings. The van der Waals surface area contributed by atoms with Crippen LogP contribution in [0.25, 0.3) is 44.9 Å². The molecule has 0 saturated carbocycles. The molecule has 5 rings (SSSR count). The number of aromatic nitrogens is 4. The molecule has 1 N–H and O–H groups in total. The first kappa shape index (κ1) is 16.8. The molecule has 0 spiro atoms. The Kier molecular flexibility index (Phi) is 4.22. The monoisotopic (exact) mass is 426 g/mol. The average molecular weight is 427 g/mol. The van der Waals surface area contributed by atoms with E-state index < -0.39 is 0 Å². The fourth-order valence-corrected chi connectivity index (χ4v) is 3.49. The molecule has 0 aliphatic carbocycles. The van der Waals surface area contributed by atoms with Crippen molar-refractivity contribution in [1.29, 1.82) is 0 Å². The number of aromatic amines is 1. The standard InChI is InChI=1S/C23H15BrN4/c24-17-12-10-16(11-13-17)22-18(23-25-19-8-4-5-9-20(19)26-23)14-21(27-28-22)15-6-2-1-3-7-15/h1-14H,(H,25,26). The zero-order chi connectivity index (χ0) is 18.9. The maximum atomic E-state index is 4.79. The largest absolute Gasteiger partial charge is 0.338 e. The van der Waals surface area contributed by atoms with Gasteiger partial charge in [-0.3, -0.25) is 0 Å². The summed E-state index contributed by atoms with van der Waals surface area (Å²) in [6.45, 7) is 0. The van der Waals surface area contributed by atoms with Gasteiger partial charge in [0, 0.05) is 21.2 Å². The first-order valence-corrected chi connectivity index (χ1v) is 9.71. The van der Waals surface area contributed by atoms with Crippen LogP contribution < -0.4 is 0 Å². The van der Waals surface area contributed by atoms with Gasteiger partial charge in [0.05, 0.1) is 16.7 Å². The lowest BCUT2D eigenvalue weighted by Gasteiger charge is -2.09. The van der Waals surface area contributed by atoms with Crippen LogP contribution in [-0.2, 0) is 0 Å². The van der Waals surface area contributed by atoms with Crippen LogP contribution in [0, 0.1) is 0 Å². The molecule has 4 nitrogen and oxygen atoms in total. The van der Waals surface area contributed by atoms with E-state index in [4.69, 9.17) is 4.98 Å². The number of nitrogens with one attached hydrogen (secondary N) is 1. The Labute approximate surface area is 170 Å². The molecule has 134 valence electrons. The lowest BCUT2D eigenvalue weighted by molar-refractivity contribution is 1.04. The van der Waals surface area contributed by atoms with E-state index in [0.29, 0.717) is 0 Å². The molecule has 3 aromatic carbocycles. The van der Waals surface area contributed by atoms with Crippen LogP contribution in [0.5, 0.6) is 0 Å². The number of imidazole rings is 1. The Morgan fingerprint density at radius 3 is 2.25 bits per heavy atom. The molecule has 2 aromatic heterocycles. The van der Waals surface area contributed by atoms with Crippen LogP contribution in [0.1, 0.15) is 0 Å². The van der Waals surface area contributed by atoms with Gasteiger partial charge in [-0.15, -0.1) is 10.2 Å². The number of para-hydroxylation sites is 2. The van der Waals surface area contributed by atoms with Gasteiger partial charge in [-0.2, -0.15) is 0 Å². The zero-order valence-electron chi connectivity index (χ0n) is 14.8. The molecular formula is C23H15BrN4. The van der Waals surface area contributed by atoms with Crippen molar-refractivity contribution in [3.05, 3.63) is 89.4 Å². The molecule has 0 atom stereocenters. The van der Waals surface area contributed by atoms with Gasteiger partial charge in [0.2, 0.25) is 0 Å². The Bertz CT molecular complexity index is 1230. The van der Waals surface area contributed by atoms with Crippen LogP contribution >= 0.6 is 15.9 Å². The highest BCUT2D eigenvalue weighted by Crippen LogP contribution is 2.32. The number of hydrogen-bond acceptors (Lipinski definition) is 3. The third kappa shape index (κ3) is 3.10.